The minimum Gasteiger partial charge on any atom is -0.323 e. The van der Waals surface area contributed by atoms with Gasteiger partial charge in [-0.3, -0.25) is 14.5 Å². The highest BCUT2D eigenvalue weighted by Crippen LogP contribution is 2.34. The van der Waals surface area contributed by atoms with E-state index in [0.717, 1.165) is 23.4 Å². The number of amides is 2. The molecule has 0 bridgehead atoms. The van der Waals surface area contributed by atoms with Gasteiger partial charge in [-0.2, -0.15) is 0 Å². The molecule has 2 heterocycles. The Balaban J connectivity index is 1.72. The number of nitrogens with one attached hydrogen (secondary N) is 1. The van der Waals surface area contributed by atoms with Crippen LogP contribution in [0.1, 0.15) is 26.5 Å². The van der Waals surface area contributed by atoms with Crippen molar-refractivity contribution >= 4 is 34.5 Å². The standard InChI is InChI=1S/C16H14N2O2S/c19-15-9-18(12-6-2-1-5-11(12)17-15)16(20)14-8-10-4-3-7-13(10)21-14/h1-2,5-6,8H,3-4,7,9H2,(H,17,19). The van der Waals surface area contributed by atoms with Crippen LogP contribution in [-0.2, 0) is 17.6 Å². The molecule has 4 nitrogen and oxygen atoms in total. The van der Waals surface area contributed by atoms with Gasteiger partial charge in [0.25, 0.3) is 5.91 Å². The first-order valence-electron chi connectivity index (χ1n) is 7.05. The van der Waals surface area contributed by atoms with Crippen LogP contribution in [0.3, 0.4) is 0 Å². The Hall–Kier alpha value is -2.14. The number of anilines is 2. The van der Waals surface area contributed by atoms with E-state index < -0.39 is 0 Å². The summed E-state index contributed by atoms with van der Waals surface area (Å²) in [6.07, 6.45) is 3.32. The molecule has 106 valence electrons. The highest BCUT2D eigenvalue weighted by Gasteiger charge is 2.29. The fourth-order valence-corrected chi connectivity index (χ4v) is 4.18. The van der Waals surface area contributed by atoms with E-state index in [1.165, 1.54) is 16.9 Å². The normalized spacial score (nSPS) is 16.4. The molecule has 2 aliphatic rings. The molecule has 2 aromatic rings. The third-order valence-electron chi connectivity index (χ3n) is 3.97. The molecule has 0 saturated carbocycles. The van der Waals surface area contributed by atoms with Gasteiger partial charge in [-0.05, 0) is 43.0 Å². The lowest BCUT2D eigenvalue weighted by atomic mass is 10.1. The van der Waals surface area contributed by atoms with Gasteiger partial charge in [0.15, 0.2) is 0 Å². The monoisotopic (exact) mass is 298 g/mol. The molecular weight excluding hydrogens is 284 g/mol. The SMILES string of the molecule is O=C1CN(C(=O)c2cc3c(s2)CCC3)c2ccccc2N1. The van der Waals surface area contributed by atoms with Crippen molar-refractivity contribution < 1.29 is 9.59 Å². The lowest BCUT2D eigenvalue weighted by Crippen LogP contribution is -2.41. The van der Waals surface area contributed by atoms with Crippen molar-refractivity contribution in [1.29, 1.82) is 0 Å². The minimum absolute atomic E-state index is 0.0725. The number of fused-ring (bicyclic) bond motifs is 2. The predicted octanol–water partition coefficient (Wildman–Crippen LogP) is 2.84. The number of para-hydroxylation sites is 2. The molecule has 0 atom stereocenters. The Bertz CT molecular complexity index is 729. The zero-order valence-corrected chi connectivity index (χ0v) is 12.2. The number of benzene rings is 1. The lowest BCUT2D eigenvalue weighted by molar-refractivity contribution is -0.115. The zero-order chi connectivity index (χ0) is 14.4. The van der Waals surface area contributed by atoms with E-state index in [0.29, 0.717) is 5.69 Å². The summed E-state index contributed by atoms with van der Waals surface area (Å²) in [7, 11) is 0. The number of aryl methyl sites for hydroxylation is 2. The van der Waals surface area contributed by atoms with Crippen molar-refractivity contribution in [3.05, 3.63) is 45.6 Å². The van der Waals surface area contributed by atoms with Gasteiger partial charge in [0, 0.05) is 4.88 Å². The van der Waals surface area contributed by atoms with Crippen LogP contribution in [0.2, 0.25) is 0 Å². The smallest absolute Gasteiger partial charge is 0.268 e. The van der Waals surface area contributed by atoms with Crippen LogP contribution < -0.4 is 10.2 Å². The molecule has 21 heavy (non-hydrogen) atoms. The predicted molar refractivity (Wildman–Crippen MR) is 83.1 cm³/mol. The van der Waals surface area contributed by atoms with Crippen molar-refractivity contribution in [3.8, 4) is 0 Å². The quantitative estimate of drug-likeness (QED) is 0.880. The van der Waals surface area contributed by atoms with Gasteiger partial charge in [0.1, 0.15) is 6.54 Å². The third-order valence-corrected chi connectivity index (χ3v) is 5.20. The van der Waals surface area contributed by atoms with Crippen LogP contribution in [0.15, 0.2) is 30.3 Å². The van der Waals surface area contributed by atoms with E-state index in [2.05, 4.69) is 5.32 Å². The molecule has 4 rings (SSSR count). The highest BCUT2D eigenvalue weighted by molar-refractivity contribution is 7.14. The summed E-state index contributed by atoms with van der Waals surface area (Å²) in [6.45, 7) is 0.0818. The fourth-order valence-electron chi connectivity index (χ4n) is 2.98. The van der Waals surface area contributed by atoms with Crippen LogP contribution in [0.5, 0.6) is 0 Å². The van der Waals surface area contributed by atoms with Gasteiger partial charge in [-0.25, -0.2) is 0 Å². The molecule has 0 unspecified atom stereocenters. The maximum absolute atomic E-state index is 12.8. The van der Waals surface area contributed by atoms with Gasteiger partial charge in [-0.15, -0.1) is 11.3 Å². The lowest BCUT2D eigenvalue weighted by Gasteiger charge is -2.28. The van der Waals surface area contributed by atoms with E-state index in [1.807, 2.05) is 30.3 Å². The Morgan fingerprint density at radius 3 is 2.95 bits per heavy atom. The molecule has 0 saturated heterocycles. The number of nitrogens with zero attached hydrogens (tertiary/aromatic N) is 1. The largest absolute Gasteiger partial charge is 0.323 e. The van der Waals surface area contributed by atoms with Gasteiger partial charge >= 0.3 is 0 Å². The molecule has 1 aliphatic heterocycles. The number of thiophene rings is 1. The van der Waals surface area contributed by atoms with E-state index in [4.69, 9.17) is 0 Å². The first-order valence-corrected chi connectivity index (χ1v) is 7.86. The highest BCUT2D eigenvalue weighted by atomic mass is 32.1. The number of hydrogen-bond acceptors (Lipinski definition) is 3. The van der Waals surface area contributed by atoms with Gasteiger partial charge in [0.05, 0.1) is 16.3 Å². The summed E-state index contributed by atoms with van der Waals surface area (Å²) in [5.74, 6) is -0.220. The average molecular weight is 298 g/mol. The van der Waals surface area contributed by atoms with E-state index >= 15 is 0 Å². The Labute approximate surface area is 126 Å². The molecule has 2 amide bonds. The van der Waals surface area contributed by atoms with E-state index in [1.54, 1.807) is 16.2 Å². The number of carbonyl (C=O) groups excluding carboxylic acids is 2. The molecule has 1 aromatic carbocycles. The van der Waals surface area contributed by atoms with Crippen molar-refractivity contribution in [2.75, 3.05) is 16.8 Å². The Morgan fingerprint density at radius 2 is 2.10 bits per heavy atom. The topological polar surface area (TPSA) is 49.4 Å². The zero-order valence-electron chi connectivity index (χ0n) is 11.4. The van der Waals surface area contributed by atoms with Crippen LogP contribution in [0.25, 0.3) is 0 Å². The molecule has 0 fully saturated rings. The number of rotatable bonds is 1. The van der Waals surface area contributed by atoms with Gasteiger partial charge in [-0.1, -0.05) is 12.1 Å². The van der Waals surface area contributed by atoms with Gasteiger partial charge in [0.2, 0.25) is 5.91 Å². The summed E-state index contributed by atoms with van der Waals surface area (Å²) in [5, 5.41) is 2.81. The van der Waals surface area contributed by atoms with Crippen molar-refractivity contribution in [2.24, 2.45) is 0 Å². The molecular formula is C16H14N2O2S. The fraction of sp³-hybridized carbons (Fsp3) is 0.250. The van der Waals surface area contributed by atoms with Crippen molar-refractivity contribution in [2.45, 2.75) is 19.3 Å². The van der Waals surface area contributed by atoms with Gasteiger partial charge < -0.3 is 5.32 Å². The third kappa shape index (κ3) is 2.05. The second-order valence-electron chi connectivity index (χ2n) is 5.37. The van der Waals surface area contributed by atoms with E-state index in [9.17, 15) is 9.59 Å². The van der Waals surface area contributed by atoms with E-state index in [-0.39, 0.29) is 18.4 Å². The average Bonchev–Trinajstić information content (AvgIpc) is 3.06. The summed E-state index contributed by atoms with van der Waals surface area (Å²) < 4.78 is 0. The summed E-state index contributed by atoms with van der Waals surface area (Å²) in [5.41, 5.74) is 2.78. The van der Waals surface area contributed by atoms with Crippen LogP contribution in [-0.4, -0.2) is 18.4 Å². The first kappa shape index (κ1) is 12.6. The summed E-state index contributed by atoms with van der Waals surface area (Å²) in [4.78, 5) is 28.2. The van der Waals surface area contributed by atoms with Crippen molar-refractivity contribution in [3.63, 3.8) is 0 Å². The maximum atomic E-state index is 12.8. The van der Waals surface area contributed by atoms with Crippen LogP contribution >= 0.6 is 11.3 Å². The molecule has 1 aliphatic carbocycles. The second-order valence-corrected chi connectivity index (χ2v) is 6.51. The summed E-state index contributed by atoms with van der Waals surface area (Å²) in [6, 6.07) is 9.43. The minimum atomic E-state index is -0.147. The number of hydrogen-bond donors (Lipinski definition) is 1. The first-order chi connectivity index (χ1) is 10.2. The number of carbonyl (C=O) groups is 2. The van der Waals surface area contributed by atoms with Crippen molar-refractivity contribution in [1.82, 2.24) is 0 Å². The second kappa shape index (κ2) is 4.70. The Morgan fingerprint density at radius 1 is 1.24 bits per heavy atom. The Kier molecular flexibility index (Phi) is 2.82. The van der Waals surface area contributed by atoms with Crippen LogP contribution in [0.4, 0.5) is 11.4 Å². The maximum Gasteiger partial charge on any atom is 0.268 e. The molecule has 0 spiro atoms. The van der Waals surface area contributed by atoms with Crippen LogP contribution in [0, 0.1) is 0 Å². The molecule has 1 aromatic heterocycles. The molecule has 1 N–H and O–H groups in total. The summed E-state index contributed by atoms with van der Waals surface area (Å²) >= 11 is 1.58. The molecule has 5 heteroatoms. The molecule has 0 radical (unpaired) electrons.